The summed E-state index contributed by atoms with van der Waals surface area (Å²) in [7, 11) is 0. The second-order valence-electron chi connectivity index (χ2n) is 6.43. The van der Waals surface area contributed by atoms with E-state index < -0.39 is 0 Å². The van der Waals surface area contributed by atoms with E-state index in [2.05, 4.69) is 25.9 Å². The fourth-order valence-corrected chi connectivity index (χ4v) is 2.82. The molecule has 4 aromatic rings. The Hall–Kier alpha value is -4.44. The van der Waals surface area contributed by atoms with Gasteiger partial charge in [-0.05, 0) is 46.2 Å². The number of rotatable bonds is 7. The number of nitriles is 1. The first kappa shape index (κ1) is 18.9. The number of benzene rings is 3. The van der Waals surface area contributed by atoms with Gasteiger partial charge in [-0.25, -0.2) is 0 Å². The Morgan fingerprint density at radius 1 is 0.967 bits per heavy atom. The second-order valence-corrected chi connectivity index (χ2v) is 6.43. The van der Waals surface area contributed by atoms with Crippen molar-refractivity contribution < 1.29 is 4.74 Å². The molecule has 0 aliphatic rings. The zero-order valence-corrected chi connectivity index (χ0v) is 16.0. The highest BCUT2D eigenvalue weighted by atomic mass is 16.5. The van der Waals surface area contributed by atoms with Crippen molar-refractivity contribution in [3.05, 3.63) is 96.5 Å². The van der Waals surface area contributed by atoms with Crippen LogP contribution >= 0.6 is 0 Å². The van der Waals surface area contributed by atoms with Crippen LogP contribution in [0, 0.1) is 11.3 Å². The molecular weight excluding hydrogens is 376 g/mol. The third kappa shape index (κ3) is 4.69. The molecule has 0 radical (unpaired) electrons. The average Bonchev–Trinajstić information content (AvgIpc) is 3.34. The summed E-state index contributed by atoms with van der Waals surface area (Å²) in [4.78, 5) is 0. The molecule has 0 atom stereocenters. The summed E-state index contributed by atoms with van der Waals surface area (Å²) in [5.41, 5.74) is 4.45. The van der Waals surface area contributed by atoms with Crippen LogP contribution in [0.4, 0.5) is 5.69 Å². The molecule has 0 saturated heterocycles. The topological polar surface area (TPSA) is 99.5 Å². The van der Waals surface area contributed by atoms with E-state index in [1.807, 2.05) is 84.9 Å². The molecule has 4 rings (SSSR count). The molecule has 0 unspecified atom stereocenters. The first-order valence-corrected chi connectivity index (χ1v) is 9.30. The maximum Gasteiger partial charge on any atom is 0.216 e. The molecule has 0 fully saturated rings. The van der Waals surface area contributed by atoms with Gasteiger partial charge in [-0.3, -0.25) is 0 Å². The Morgan fingerprint density at radius 2 is 1.67 bits per heavy atom. The van der Waals surface area contributed by atoms with E-state index in [1.54, 1.807) is 6.20 Å². The number of aromatic amines is 1. The van der Waals surface area contributed by atoms with Crippen molar-refractivity contribution in [1.29, 1.82) is 5.26 Å². The molecule has 1 heterocycles. The van der Waals surface area contributed by atoms with Gasteiger partial charge in [-0.2, -0.15) is 10.5 Å². The molecule has 3 aromatic carbocycles. The summed E-state index contributed by atoms with van der Waals surface area (Å²) in [6.07, 6.45) is 1.55. The maximum atomic E-state index is 9.20. The number of anilines is 1. The van der Waals surface area contributed by atoms with E-state index in [1.165, 1.54) is 0 Å². The Balaban J connectivity index is 1.38. The van der Waals surface area contributed by atoms with Crippen LogP contribution < -0.4 is 10.1 Å². The van der Waals surface area contributed by atoms with Crippen LogP contribution in [0.15, 0.2) is 85.1 Å². The summed E-state index contributed by atoms with van der Waals surface area (Å²) in [6, 6.07) is 28.0. The number of aromatic nitrogens is 4. The van der Waals surface area contributed by atoms with E-state index in [-0.39, 0.29) is 5.82 Å². The molecular formula is C23H18N6O. The number of nitrogens with zero attached hydrogens (tertiary/aromatic N) is 4. The van der Waals surface area contributed by atoms with Crippen molar-refractivity contribution in [2.45, 2.75) is 6.61 Å². The fraction of sp³-hybridized carbons (Fsp3) is 0.0435. The fourth-order valence-electron chi connectivity index (χ4n) is 2.82. The summed E-state index contributed by atoms with van der Waals surface area (Å²) in [5.74, 6) is 1.08. The predicted molar refractivity (Wildman–Crippen MR) is 114 cm³/mol. The Morgan fingerprint density at radius 3 is 2.30 bits per heavy atom. The second kappa shape index (κ2) is 9.17. The molecule has 0 saturated carbocycles. The van der Waals surface area contributed by atoms with Gasteiger partial charge in [0.1, 0.15) is 24.0 Å². The predicted octanol–water partition coefficient (Wildman–Crippen LogP) is 4.42. The van der Waals surface area contributed by atoms with Gasteiger partial charge >= 0.3 is 0 Å². The van der Waals surface area contributed by atoms with Gasteiger partial charge in [0.25, 0.3) is 0 Å². The summed E-state index contributed by atoms with van der Waals surface area (Å²) in [6.45, 7) is 0.544. The van der Waals surface area contributed by atoms with E-state index >= 15 is 0 Å². The first-order chi connectivity index (χ1) is 14.8. The number of tetrazole rings is 1. The van der Waals surface area contributed by atoms with Gasteiger partial charge in [0.15, 0.2) is 0 Å². The lowest BCUT2D eigenvalue weighted by molar-refractivity contribution is 0.306. The Labute approximate surface area is 173 Å². The minimum Gasteiger partial charge on any atom is -0.489 e. The highest BCUT2D eigenvalue weighted by molar-refractivity contribution is 5.74. The number of hydrogen-bond donors (Lipinski definition) is 2. The normalized spacial score (nSPS) is 11.0. The quantitative estimate of drug-likeness (QED) is 0.450. The highest BCUT2D eigenvalue weighted by Gasteiger charge is 2.05. The molecule has 7 nitrogen and oxygen atoms in total. The average molecular weight is 394 g/mol. The molecule has 0 aliphatic heterocycles. The van der Waals surface area contributed by atoms with Gasteiger partial charge in [0, 0.05) is 11.9 Å². The summed E-state index contributed by atoms with van der Waals surface area (Å²) < 4.78 is 5.84. The van der Waals surface area contributed by atoms with E-state index in [0.717, 1.165) is 28.1 Å². The smallest absolute Gasteiger partial charge is 0.216 e. The summed E-state index contributed by atoms with van der Waals surface area (Å²) in [5, 5.41) is 25.7. The van der Waals surface area contributed by atoms with Crippen LogP contribution in [-0.4, -0.2) is 20.6 Å². The molecule has 0 spiro atoms. The van der Waals surface area contributed by atoms with Crippen LogP contribution in [0.5, 0.6) is 5.75 Å². The largest absolute Gasteiger partial charge is 0.489 e. The number of allylic oxidation sites excluding steroid dienone is 1. The van der Waals surface area contributed by atoms with Gasteiger partial charge in [0.05, 0.1) is 0 Å². The van der Waals surface area contributed by atoms with Gasteiger partial charge in [-0.15, -0.1) is 10.2 Å². The van der Waals surface area contributed by atoms with Crippen molar-refractivity contribution in [2.75, 3.05) is 5.32 Å². The molecule has 30 heavy (non-hydrogen) atoms. The number of nitrogens with one attached hydrogen (secondary N) is 2. The molecule has 1 aromatic heterocycles. The third-order valence-electron chi connectivity index (χ3n) is 4.41. The zero-order valence-electron chi connectivity index (χ0n) is 16.0. The molecule has 0 bridgehead atoms. The van der Waals surface area contributed by atoms with E-state index in [4.69, 9.17) is 4.74 Å². The molecule has 146 valence electrons. The summed E-state index contributed by atoms with van der Waals surface area (Å²) >= 11 is 0. The van der Waals surface area contributed by atoms with Crippen molar-refractivity contribution in [3.8, 4) is 22.9 Å². The monoisotopic (exact) mass is 394 g/mol. The van der Waals surface area contributed by atoms with Crippen molar-refractivity contribution in [3.63, 3.8) is 0 Å². The van der Waals surface area contributed by atoms with E-state index in [9.17, 15) is 5.26 Å². The molecule has 0 amide bonds. The SMILES string of the molecule is N#CC(=CNc1ccc(-c2ccc(OCc3ccccc3)cc2)cc1)c1nn[nH]n1. The van der Waals surface area contributed by atoms with Crippen LogP contribution in [0.1, 0.15) is 11.4 Å². The minimum absolute atomic E-state index is 0.246. The Kier molecular flexibility index (Phi) is 5.78. The number of H-pyrrole nitrogens is 1. The molecule has 7 heteroatoms. The van der Waals surface area contributed by atoms with Gasteiger partial charge < -0.3 is 10.1 Å². The van der Waals surface area contributed by atoms with E-state index in [0.29, 0.717) is 12.2 Å². The Bertz CT molecular complexity index is 1150. The zero-order chi connectivity index (χ0) is 20.6. The van der Waals surface area contributed by atoms with Crippen LogP contribution in [0.3, 0.4) is 0 Å². The lowest BCUT2D eigenvalue weighted by Crippen LogP contribution is -1.94. The van der Waals surface area contributed by atoms with Gasteiger partial charge in [-0.1, -0.05) is 54.6 Å². The standard InChI is InChI=1S/C23H18N6O/c24-14-20(23-26-28-29-27-23)15-25-21-10-6-18(7-11-21)19-8-12-22(13-9-19)30-16-17-4-2-1-3-5-17/h1-13,15,25H,16H2,(H,26,27,28,29). The number of hydrogen-bond acceptors (Lipinski definition) is 6. The van der Waals surface area contributed by atoms with Crippen molar-refractivity contribution >= 4 is 11.3 Å². The lowest BCUT2D eigenvalue weighted by Gasteiger charge is -2.08. The van der Waals surface area contributed by atoms with Crippen molar-refractivity contribution in [1.82, 2.24) is 20.6 Å². The molecule has 0 aliphatic carbocycles. The molecule has 2 N–H and O–H groups in total. The number of ether oxygens (including phenoxy) is 1. The van der Waals surface area contributed by atoms with Gasteiger partial charge in [0.2, 0.25) is 5.82 Å². The van der Waals surface area contributed by atoms with Crippen LogP contribution in [-0.2, 0) is 6.61 Å². The highest BCUT2D eigenvalue weighted by Crippen LogP contribution is 2.24. The van der Waals surface area contributed by atoms with Crippen molar-refractivity contribution in [2.24, 2.45) is 0 Å². The first-order valence-electron chi connectivity index (χ1n) is 9.30. The van der Waals surface area contributed by atoms with Crippen LogP contribution in [0.2, 0.25) is 0 Å². The maximum absolute atomic E-state index is 9.20. The van der Waals surface area contributed by atoms with Crippen LogP contribution in [0.25, 0.3) is 16.7 Å². The minimum atomic E-state index is 0.246. The lowest BCUT2D eigenvalue weighted by atomic mass is 10.1. The third-order valence-corrected chi connectivity index (χ3v) is 4.41.